The van der Waals surface area contributed by atoms with Crippen molar-refractivity contribution >= 4 is 23.4 Å². The summed E-state index contributed by atoms with van der Waals surface area (Å²) in [4.78, 5) is 0. The lowest BCUT2D eigenvalue weighted by Crippen LogP contribution is -2.04. The van der Waals surface area contributed by atoms with Crippen LogP contribution in [0.4, 0.5) is 0 Å². The molecule has 0 fully saturated rings. The standard InChI is InChI=1S/C12H17ClO2S/c1-3-16-8-7-15-12-10(9-13)5-4-6-11(12)14-2/h4-6H,3,7-9H2,1-2H3. The summed E-state index contributed by atoms with van der Waals surface area (Å²) >= 11 is 7.72. The van der Waals surface area contributed by atoms with Crippen LogP contribution in [-0.4, -0.2) is 25.2 Å². The molecule has 90 valence electrons. The summed E-state index contributed by atoms with van der Waals surface area (Å²) in [6.45, 7) is 2.82. The Morgan fingerprint density at radius 3 is 2.81 bits per heavy atom. The Labute approximate surface area is 106 Å². The maximum atomic E-state index is 5.86. The molecule has 0 aliphatic heterocycles. The third kappa shape index (κ3) is 3.80. The van der Waals surface area contributed by atoms with Gasteiger partial charge in [0.05, 0.1) is 19.6 Å². The van der Waals surface area contributed by atoms with E-state index >= 15 is 0 Å². The van der Waals surface area contributed by atoms with E-state index in [2.05, 4.69) is 6.92 Å². The third-order valence-electron chi connectivity index (χ3n) is 2.10. The summed E-state index contributed by atoms with van der Waals surface area (Å²) in [5.74, 6) is 4.05. The SMILES string of the molecule is CCSCCOc1c(CCl)cccc1OC. The summed E-state index contributed by atoms with van der Waals surface area (Å²) in [7, 11) is 1.64. The molecule has 0 radical (unpaired) electrons. The van der Waals surface area contributed by atoms with Gasteiger partial charge in [0.25, 0.3) is 0 Å². The molecule has 2 nitrogen and oxygen atoms in total. The number of para-hydroxylation sites is 1. The fourth-order valence-corrected chi connectivity index (χ4v) is 2.04. The average molecular weight is 261 g/mol. The van der Waals surface area contributed by atoms with Crippen LogP contribution in [0.15, 0.2) is 18.2 Å². The normalized spacial score (nSPS) is 10.2. The van der Waals surface area contributed by atoms with Gasteiger partial charge in [-0.25, -0.2) is 0 Å². The molecule has 1 rings (SSSR count). The van der Waals surface area contributed by atoms with E-state index in [4.69, 9.17) is 21.1 Å². The van der Waals surface area contributed by atoms with Crippen molar-refractivity contribution in [2.75, 3.05) is 25.2 Å². The Hall–Kier alpha value is -0.540. The van der Waals surface area contributed by atoms with Crippen molar-refractivity contribution < 1.29 is 9.47 Å². The molecular weight excluding hydrogens is 244 g/mol. The van der Waals surface area contributed by atoms with E-state index in [1.165, 1.54) is 0 Å². The van der Waals surface area contributed by atoms with Gasteiger partial charge in [0.2, 0.25) is 0 Å². The van der Waals surface area contributed by atoms with Crippen LogP contribution in [0.25, 0.3) is 0 Å². The third-order valence-corrected chi connectivity index (χ3v) is 3.25. The van der Waals surface area contributed by atoms with E-state index in [0.29, 0.717) is 12.5 Å². The largest absolute Gasteiger partial charge is 0.493 e. The van der Waals surface area contributed by atoms with E-state index in [0.717, 1.165) is 28.6 Å². The van der Waals surface area contributed by atoms with Crippen molar-refractivity contribution in [2.24, 2.45) is 0 Å². The molecule has 0 aliphatic rings. The van der Waals surface area contributed by atoms with Gasteiger partial charge in [-0.1, -0.05) is 19.1 Å². The van der Waals surface area contributed by atoms with Crippen molar-refractivity contribution in [3.63, 3.8) is 0 Å². The van der Waals surface area contributed by atoms with Crippen LogP contribution in [0.5, 0.6) is 11.5 Å². The molecule has 0 amide bonds. The predicted octanol–water partition coefficient (Wildman–Crippen LogP) is 3.57. The highest BCUT2D eigenvalue weighted by molar-refractivity contribution is 7.99. The van der Waals surface area contributed by atoms with Crippen LogP contribution in [0.1, 0.15) is 12.5 Å². The summed E-state index contributed by atoms with van der Waals surface area (Å²) in [5.41, 5.74) is 0.975. The molecule has 0 N–H and O–H groups in total. The minimum atomic E-state index is 0.438. The minimum Gasteiger partial charge on any atom is -0.493 e. The number of ether oxygens (including phenoxy) is 2. The Bertz CT molecular complexity index is 296. The second-order valence-electron chi connectivity index (χ2n) is 3.13. The number of methoxy groups -OCH3 is 1. The van der Waals surface area contributed by atoms with Crippen LogP contribution < -0.4 is 9.47 Å². The summed E-state index contributed by atoms with van der Waals surface area (Å²) in [5, 5.41) is 0. The average Bonchev–Trinajstić information content (AvgIpc) is 2.34. The van der Waals surface area contributed by atoms with Gasteiger partial charge in [0, 0.05) is 11.3 Å². The van der Waals surface area contributed by atoms with Crippen molar-refractivity contribution in [3.8, 4) is 11.5 Å². The summed E-state index contributed by atoms with van der Waals surface area (Å²) in [6.07, 6.45) is 0. The van der Waals surface area contributed by atoms with Crippen LogP contribution in [0.2, 0.25) is 0 Å². The lowest BCUT2D eigenvalue weighted by molar-refractivity contribution is 0.311. The molecule has 0 bridgehead atoms. The molecule has 16 heavy (non-hydrogen) atoms. The first-order chi connectivity index (χ1) is 7.83. The maximum Gasteiger partial charge on any atom is 0.165 e. The zero-order chi connectivity index (χ0) is 11.8. The van der Waals surface area contributed by atoms with Gasteiger partial charge in [-0.2, -0.15) is 11.8 Å². The van der Waals surface area contributed by atoms with Crippen LogP contribution in [0.3, 0.4) is 0 Å². The Balaban J connectivity index is 2.67. The Kier molecular flexibility index (Phi) is 6.50. The van der Waals surface area contributed by atoms with E-state index in [-0.39, 0.29) is 0 Å². The molecular formula is C12H17ClO2S. The van der Waals surface area contributed by atoms with Gasteiger partial charge in [-0.05, 0) is 11.8 Å². The Morgan fingerprint density at radius 1 is 1.38 bits per heavy atom. The van der Waals surface area contributed by atoms with Gasteiger partial charge in [-0.15, -0.1) is 11.6 Å². The zero-order valence-corrected chi connectivity index (χ0v) is 11.2. The second kappa shape index (κ2) is 7.69. The molecule has 0 saturated carbocycles. The quantitative estimate of drug-likeness (QED) is 0.552. The summed E-state index contributed by atoms with van der Waals surface area (Å²) in [6, 6.07) is 5.76. The number of rotatable bonds is 7. The van der Waals surface area contributed by atoms with Crippen molar-refractivity contribution in [2.45, 2.75) is 12.8 Å². The molecule has 0 unspecified atom stereocenters. The van der Waals surface area contributed by atoms with Crippen molar-refractivity contribution in [1.29, 1.82) is 0 Å². The van der Waals surface area contributed by atoms with Gasteiger partial charge in [-0.3, -0.25) is 0 Å². The van der Waals surface area contributed by atoms with Gasteiger partial charge < -0.3 is 9.47 Å². The van der Waals surface area contributed by atoms with Crippen molar-refractivity contribution in [1.82, 2.24) is 0 Å². The number of thioether (sulfide) groups is 1. The molecule has 0 aromatic heterocycles. The fraction of sp³-hybridized carbons (Fsp3) is 0.500. The molecule has 1 aromatic rings. The van der Waals surface area contributed by atoms with Crippen LogP contribution in [-0.2, 0) is 5.88 Å². The predicted molar refractivity (Wildman–Crippen MR) is 71.0 cm³/mol. The molecule has 0 atom stereocenters. The first kappa shape index (κ1) is 13.5. The van der Waals surface area contributed by atoms with E-state index in [1.807, 2.05) is 30.0 Å². The molecule has 0 heterocycles. The van der Waals surface area contributed by atoms with Crippen LogP contribution in [0, 0.1) is 0 Å². The van der Waals surface area contributed by atoms with E-state index in [1.54, 1.807) is 7.11 Å². The van der Waals surface area contributed by atoms with E-state index < -0.39 is 0 Å². The smallest absolute Gasteiger partial charge is 0.165 e. The topological polar surface area (TPSA) is 18.5 Å². The molecule has 0 aliphatic carbocycles. The number of halogens is 1. The van der Waals surface area contributed by atoms with Crippen LogP contribution >= 0.6 is 23.4 Å². The highest BCUT2D eigenvalue weighted by Crippen LogP contribution is 2.32. The molecule has 1 aromatic carbocycles. The monoisotopic (exact) mass is 260 g/mol. The molecule has 4 heteroatoms. The van der Waals surface area contributed by atoms with E-state index in [9.17, 15) is 0 Å². The second-order valence-corrected chi connectivity index (χ2v) is 4.79. The first-order valence-corrected chi connectivity index (χ1v) is 6.94. The number of hydrogen-bond donors (Lipinski definition) is 0. The molecule has 0 spiro atoms. The lowest BCUT2D eigenvalue weighted by atomic mass is 10.2. The summed E-state index contributed by atoms with van der Waals surface area (Å²) < 4.78 is 11.0. The van der Waals surface area contributed by atoms with Crippen molar-refractivity contribution in [3.05, 3.63) is 23.8 Å². The van der Waals surface area contributed by atoms with Gasteiger partial charge >= 0.3 is 0 Å². The highest BCUT2D eigenvalue weighted by Gasteiger charge is 2.09. The lowest BCUT2D eigenvalue weighted by Gasteiger charge is -2.13. The van der Waals surface area contributed by atoms with Gasteiger partial charge in [0.15, 0.2) is 11.5 Å². The van der Waals surface area contributed by atoms with Gasteiger partial charge in [0.1, 0.15) is 0 Å². The first-order valence-electron chi connectivity index (χ1n) is 5.25. The number of benzene rings is 1. The maximum absolute atomic E-state index is 5.86. The Morgan fingerprint density at radius 2 is 2.19 bits per heavy atom. The molecule has 0 saturated heterocycles. The highest BCUT2D eigenvalue weighted by atomic mass is 35.5. The number of hydrogen-bond acceptors (Lipinski definition) is 3. The fourth-order valence-electron chi connectivity index (χ4n) is 1.34. The zero-order valence-electron chi connectivity index (χ0n) is 9.66. The number of alkyl halides is 1. The minimum absolute atomic E-state index is 0.438.